The normalized spacial score (nSPS) is 18.3. The molecule has 1 atom stereocenters. The van der Waals surface area contributed by atoms with Crippen LogP contribution >= 0.6 is 35.3 Å². The Balaban J connectivity index is 0.00000242. The Bertz CT molecular complexity index is 607. The first-order valence-corrected chi connectivity index (χ1v) is 9.31. The molecule has 0 bridgehead atoms. The number of amides is 1. The Hall–Kier alpha value is -0.380. The van der Waals surface area contributed by atoms with E-state index < -0.39 is 10.0 Å². The molecule has 6 nitrogen and oxygen atoms in total. The first kappa shape index (κ1) is 19.7. The molecule has 1 fully saturated rings. The second-order valence-corrected chi connectivity index (χ2v) is 8.53. The highest BCUT2D eigenvalue weighted by atomic mass is 35.5. The number of likely N-dealkylation sites (tertiary alicyclic amines) is 1. The third-order valence-electron chi connectivity index (χ3n) is 3.36. The van der Waals surface area contributed by atoms with Crippen molar-refractivity contribution in [3.05, 3.63) is 16.5 Å². The van der Waals surface area contributed by atoms with E-state index in [1.54, 1.807) is 4.90 Å². The number of thiophene rings is 1. The molecule has 126 valence electrons. The fourth-order valence-electron chi connectivity index (χ4n) is 2.38. The molecule has 1 aromatic heterocycles. The van der Waals surface area contributed by atoms with E-state index in [0.717, 1.165) is 30.7 Å². The molecule has 1 aliphatic rings. The number of hydrogen-bond acceptors (Lipinski definition) is 5. The van der Waals surface area contributed by atoms with Crippen LogP contribution < -0.4 is 10.0 Å². The maximum absolute atomic E-state index is 12.2. The van der Waals surface area contributed by atoms with Crippen molar-refractivity contribution in [1.82, 2.24) is 14.9 Å². The molecule has 2 rings (SSSR count). The number of sulfonamides is 1. The van der Waals surface area contributed by atoms with Crippen LogP contribution in [0, 0.1) is 0 Å². The lowest BCUT2D eigenvalue weighted by molar-refractivity contribution is -0.130. The molecule has 1 unspecified atom stereocenters. The lowest BCUT2D eigenvalue weighted by Crippen LogP contribution is -2.45. The summed E-state index contributed by atoms with van der Waals surface area (Å²) in [4.78, 5) is 13.9. The molecule has 0 radical (unpaired) electrons. The lowest BCUT2D eigenvalue weighted by Gasteiger charge is -2.24. The highest BCUT2D eigenvalue weighted by molar-refractivity contribution is 7.91. The van der Waals surface area contributed by atoms with E-state index in [9.17, 15) is 13.2 Å². The maximum atomic E-state index is 12.2. The molecule has 1 saturated heterocycles. The van der Waals surface area contributed by atoms with Crippen LogP contribution in [0.1, 0.15) is 12.8 Å². The van der Waals surface area contributed by atoms with E-state index in [2.05, 4.69) is 10.0 Å². The predicted octanol–water partition coefficient (Wildman–Crippen LogP) is 1.31. The van der Waals surface area contributed by atoms with Gasteiger partial charge in [0.25, 0.3) is 10.0 Å². The zero-order chi connectivity index (χ0) is 15.5. The summed E-state index contributed by atoms with van der Waals surface area (Å²) in [6.07, 6.45) is 1.89. The van der Waals surface area contributed by atoms with Crippen LogP contribution in [0.3, 0.4) is 0 Å². The molecule has 10 heteroatoms. The molecule has 1 aliphatic heterocycles. The van der Waals surface area contributed by atoms with Gasteiger partial charge in [0.05, 0.1) is 10.9 Å². The van der Waals surface area contributed by atoms with Gasteiger partial charge in [-0.05, 0) is 32.0 Å². The molecule has 0 aromatic carbocycles. The molecular weight excluding hydrogens is 369 g/mol. The number of hydrogen-bond donors (Lipinski definition) is 2. The zero-order valence-corrected chi connectivity index (χ0v) is 15.2. The maximum Gasteiger partial charge on any atom is 0.250 e. The van der Waals surface area contributed by atoms with Crippen molar-refractivity contribution in [3.63, 3.8) is 0 Å². The molecule has 2 heterocycles. The zero-order valence-electron chi connectivity index (χ0n) is 12.0. The Labute approximate surface area is 145 Å². The molecule has 0 spiro atoms. The van der Waals surface area contributed by atoms with Crippen molar-refractivity contribution < 1.29 is 13.2 Å². The van der Waals surface area contributed by atoms with E-state index in [1.165, 1.54) is 12.1 Å². The number of nitrogens with one attached hydrogen (secondary N) is 2. The van der Waals surface area contributed by atoms with Crippen LogP contribution in [0.2, 0.25) is 4.34 Å². The van der Waals surface area contributed by atoms with E-state index in [4.69, 9.17) is 11.6 Å². The Morgan fingerprint density at radius 2 is 2.23 bits per heavy atom. The monoisotopic (exact) mass is 387 g/mol. The standard InChI is InChI=1S/C12H18ClN3O3S2.ClH/c1-14-7-9-3-2-6-16(9)11(17)8-15-21(18,19)12-5-4-10(13)20-12;/h4-5,9,14-15H,2-3,6-8H2,1H3;1H. The highest BCUT2D eigenvalue weighted by Crippen LogP contribution is 2.25. The second kappa shape index (κ2) is 8.47. The minimum absolute atomic E-state index is 0. The van der Waals surface area contributed by atoms with Crippen LogP contribution in [0.15, 0.2) is 16.3 Å². The lowest BCUT2D eigenvalue weighted by atomic mass is 10.2. The van der Waals surface area contributed by atoms with E-state index in [-0.39, 0.29) is 35.1 Å². The summed E-state index contributed by atoms with van der Waals surface area (Å²) >= 11 is 6.70. The molecule has 2 N–H and O–H groups in total. The first-order chi connectivity index (χ1) is 9.94. The van der Waals surface area contributed by atoms with Gasteiger partial charge >= 0.3 is 0 Å². The van der Waals surface area contributed by atoms with Crippen LogP contribution in [0.4, 0.5) is 0 Å². The van der Waals surface area contributed by atoms with Crippen molar-refractivity contribution in [1.29, 1.82) is 0 Å². The number of likely N-dealkylation sites (N-methyl/N-ethyl adjacent to an activating group) is 1. The van der Waals surface area contributed by atoms with Crippen molar-refractivity contribution in [3.8, 4) is 0 Å². The quantitative estimate of drug-likeness (QED) is 0.771. The van der Waals surface area contributed by atoms with Gasteiger partial charge in [-0.25, -0.2) is 13.1 Å². The van der Waals surface area contributed by atoms with Gasteiger partial charge < -0.3 is 10.2 Å². The third-order valence-corrected chi connectivity index (χ3v) is 6.49. The Morgan fingerprint density at radius 3 is 2.82 bits per heavy atom. The van der Waals surface area contributed by atoms with Gasteiger partial charge in [0.1, 0.15) is 4.21 Å². The molecule has 1 amide bonds. The van der Waals surface area contributed by atoms with Gasteiger partial charge in [0.15, 0.2) is 0 Å². The van der Waals surface area contributed by atoms with Crippen molar-refractivity contribution in [2.75, 3.05) is 26.7 Å². The summed E-state index contributed by atoms with van der Waals surface area (Å²) in [5.74, 6) is -0.195. The average molecular weight is 388 g/mol. The van der Waals surface area contributed by atoms with Gasteiger partial charge in [-0.2, -0.15) is 0 Å². The number of rotatable bonds is 6. The summed E-state index contributed by atoms with van der Waals surface area (Å²) in [6.45, 7) is 1.18. The fraction of sp³-hybridized carbons (Fsp3) is 0.583. The number of halogens is 2. The molecule has 1 aromatic rings. The largest absolute Gasteiger partial charge is 0.337 e. The first-order valence-electron chi connectivity index (χ1n) is 6.63. The number of nitrogens with zero attached hydrogens (tertiary/aromatic N) is 1. The summed E-state index contributed by atoms with van der Waals surface area (Å²) in [5, 5.41) is 3.05. The smallest absolute Gasteiger partial charge is 0.250 e. The molecule has 0 saturated carbocycles. The second-order valence-electron chi connectivity index (χ2n) is 4.82. The van der Waals surface area contributed by atoms with Crippen molar-refractivity contribution >= 4 is 51.3 Å². The summed E-state index contributed by atoms with van der Waals surface area (Å²) in [7, 11) is -1.84. The minimum Gasteiger partial charge on any atom is -0.337 e. The molecule has 22 heavy (non-hydrogen) atoms. The van der Waals surface area contributed by atoms with Gasteiger partial charge in [-0.3, -0.25) is 4.79 Å². The average Bonchev–Trinajstić information content (AvgIpc) is 3.06. The molecular formula is C12H19Cl2N3O3S2. The van der Waals surface area contributed by atoms with E-state index >= 15 is 0 Å². The van der Waals surface area contributed by atoms with Gasteiger partial charge in [-0.15, -0.1) is 23.7 Å². The topological polar surface area (TPSA) is 78.5 Å². The number of carbonyl (C=O) groups is 1. The molecule has 0 aliphatic carbocycles. The fourth-order valence-corrected chi connectivity index (χ4v) is 4.89. The van der Waals surface area contributed by atoms with E-state index in [1.807, 2.05) is 7.05 Å². The Morgan fingerprint density at radius 1 is 1.50 bits per heavy atom. The highest BCUT2D eigenvalue weighted by Gasteiger charge is 2.29. The summed E-state index contributed by atoms with van der Waals surface area (Å²) in [5.41, 5.74) is 0. The van der Waals surface area contributed by atoms with Crippen LogP contribution in [0.5, 0.6) is 0 Å². The van der Waals surface area contributed by atoms with E-state index in [0.29, 0.717) is 10.9 Å². The van der Waals surface area contributed by atoms with Gasteiger partial charge in [0, 0.05) is 19.1 Å². The van der Waals surface area contributed by atoms with Crippen molar-refractivity contribution in [2.24, 2.45) is 0 Å². The summed E-state index contributed by atoms with van der Waals surface area (Å²) < 4.78 is 26.9. The van der Waals surface area contributed by atoms with Crippen LogP contribution in [-0.4, -0.2) is 51.9 Å². The Kier molecular flexibility index (Phi) is 7.57. The van der Waals surface area contributed by atoms with Crippen LogP contribution in [0.25, 0.3) is 0 Å². The van der Waals surface area contributed by atoms with Gasteiger partial charge in [0.2, 0.25) is 5.91 Å². The minimum atomic E-state index is -3.67. The van der Waals surface area contributed by atoms with Crippen molar-refractivity contribution in [2.45, 2.75) is 23.1 Å². The van der Waals surface area contributed by atoms with Gasteiger partial charge in [-0.1, -0.05) is 11.6 Å². The third kappa shape index (κ3) is 4.81. The summed E-state index contributed by atoms with van der Waals surface area (Å²) in [6, 6.07) is 3.09. The SMILES string of the molecule is CNCC1CCCN1C(=O)CNS(=O)(=O)c1ccc(Cl)s1.Cl. The number of carbonyl (C=O) groups excluding carboxylic acids is 1. The van der Waals surface area contributed by atoms with Crippen LogP contribution in [-0.2, 0) is 14.8 Å². The predicted molar refractivity (Wildman–Crippen MR) is 90.4 cm³/mol.